The summed E-state index contributed by atoms with van der Waals surface area (Å²) >= 11 is 5.96. The summed E-state index contributed by atoms with van der Waals surface area (Å²) in [5, 5.41) is 0.136. The lowest BCUT2D eigenvalue weighted by Gasteiger charge is -2.10. The van der Waals surface area contributed by atoms with E-state index in [1.54, 1.807) is 13.0 Å². The minimum atomic E-state index is -3.83. The van der Waals surface area contributed by atoms with Gasteiger partial charge in [0.1, 0.15) is 18.2 Å². The third-order valence-electron chi connectivity index (χ3n) is 2.87. The first-order valence-corrected chi connectivity index (χ1v) is 8.58. The average Bonchev–Trinajstić information content (AvgIpc) is 2.38. The van der Waals surface area contributed by atoms with Gasteiger partial charge >= 0.3 is 0 Å². The molecule has 0 spiro atoms. The van der Waals surface area contributed by atoms with Crippen LogP contribution in [0.5, 0.6) is 5.75 Å². The Hall–Kier alpha value is -1.30. The number of rotatable bonds is 4. The highest BCUT2D eigenvalue weighted by Gasteiger charge is 2.13. The second kappa shape index (κ2) is 6.22. The topological polar surface area (TPSA) is 43.4 Å². The van der Waals surface area contributed by atoms with Gasteiger partial charge in [-0.2, -0.15) is 0 Å². The highest BCUT2D eigenvalue weighted by molar-refractivity contribution is 8.13. The highest BCUT2D eigenvalue weighted by Crippen LogP contribution is 2.29. The number of halogens is 3. The summed E-state index contributed by atoms with van der Waals surface area (Å²) in [5.74, 6) is 0.00964. The van der Waals surface area contributed by atoms with Crippen LogP contribution >= 0.6 is 22.3 Å². The van der Waals surface area contributed by atoms with E-state index in [-0.39, 0.29) is 22.3 Å². The fourth-order valence-electron chi connectivity index (χ4n) is 1.73. The van der Waals surface area contributed by atoms with E-state index < -0.39 is 9.05 Å². The molecular formula is C14H11Cl2FO3S. The summed E-state index contributed by atoms with van der Waals surface area (Å²) in [4.78, 5) is -0.0977. The monoisotopic (exact) mass is 348 g/mol. The van der Waals surface area contributed by atoms with Gasteiger partial charge in [-0.25, -0.2) is 12.8 Å². The van der Waals surface area contributed by atoms with Crippen molar-refractivity contribution >= 4 is 31.3 Å². The Kier molecular flexibility index (Phi) is 4.76. The molecule has 2 aromatic rings. The lowest BCUT2D eigenvalue weighted by Crippen LogP contribution is -1.99. The minimum Gasteiger partial charge on any atom is -0.487 e. The zero-order valence-corrected chi connectivity index (χ0v) is 13.3. The van der Waals surface area contributed by atoms with Crippen molar-refractivity contribution in [3.63, 3.8) is 0 Å². The number of ether oxygens (including phenoxy) is 1. The van der Waals surface area contributed by atoms with Gasteiger partial charge in [-0.05, 0) is 48.4 Å². The van der Waals surface area contributed by atoms with Gasteiger partial charge in [0.05, 0.1) is 9.92 Å². The van der Waals surface area contributed by atoms with Crippen molar-refractivity contribution in [2.75, 3.05) is 0 Å². The van der Waals surface area contributed by atoms with E-state index in [0.29, 0.717) is 5.75 Å². The number of hydrogen-bond acceptors (Lipinski definition) is 3. The zero-order valence-electron chi connectivity index (χ0n) is 10.9. The molecule has 0 heterocycles. The van der Waals surface area contributed by atoms with Crippen LogP contribution in [-0.2, 0) is 15.7 Å². The van der Waals surface area contributed by atoms with Crippen molar-refractivity contribution in [3.8, 4) is 5.75 Å². The SMILES string of the molecule is Cc1cc(F)ccc1COc1ccc(S(=O)(=O)Cl)cc1Cl. The lowest BCUT2D eigenvalue weighted by molar-refractivity contribution is 0.305. The minimum absolute atomic E-state index is 0.0977. The predicted octanol–water partition coefficient (Wildman–Crippen LogP) is 4.29. The molecule has 112 valence electrons. The van der Waals surface area contributed by atoms with Crippen LogP contribution < -0.4 is 4.74 Å². The first-order chi connectivity index (χ1) is 9.77. The summed E-state index contributed by atoms with van der Waals surface area (Å²) in [6, 6.07) is 8.32. The quantitative estimate of drug-likeness (QED) is 0.774. The molecule has 0 amide bonds. The molecule has 7 heteroatoms. The first kappa shape index (κ1) is 16.1. The fraction of sp³-hybridized carbons (Fsp3) is 0.143. The van der Waals surface area contributed by atoms with E-state index in [1.165, 1.54) is 30.3 Å². The maximum absolute atomic E-state index is 13.0. The fourth-order valence-corrected chi connectivity index (χ4v) is 2.80. The summed E-state index contributed by atoms with van der Waals surface area (Å²) in [5.41, 5.74) is 1.56. The summed E-state index contributed by atoms with van der Waals surface area (Å²) in [7, 11) is 1.40. The van der Waals surface area contributed by atoms with Crippen LogP contribution in [0.4, 0.5) is 4.39 Å². The maximum Gasteiger partial charge on any atom is 0.261 e. The van der Waals surface area contributed by atoms with Gasteiger partial charge < -0.3 is 4.74 Å². The van der Waals surface area contributed by atoms with Gasteiger partial charge in [0.2, 0.25) is 0 Å². The second-order valence-electron chi connectivity index (χ2n) is 4.39. The first-order valence-electron chi connectivity index (χ1n) is 5.89. The van der Waals surface area contributed by atoms with Crippen LogP contribution in [-0.4, -0.2) is 8.42 Å². The van der Waals surface area contributed by atoms with Gasteiger partial charge in [0, 0.05) is 10.7 Å². The molecule has 0 fully saturated rings. The molecule has 3 nitrogen and oxygen atoms in total. The molecule has 0 aliphatic heterocycles. The zero-order chi connectivity index (χ0) is 15.6. The molecule has 0 aliphatic rings. The Morgan fingerprint density at radius 2 is 1.90 bits per heavy atom. The van der Waals surface area contributed by atoms with Crippen molar-refractivity contribution in [2.45, 2.75) is 18.4 Å². The van der Waals surface area contributed by atoms with Gasteiger partial charge in [-0.15, -0.1) is 0 Å². The van der Waals surface area contributed by atoms with Gasteiger partial charge in [0.15, 0.2) is 0 Å². The van der Waals surface area contributed by atoms with Crippen LogP contribution in [0, 0.1) is 12.7 Å². The van der Waals surface area contributed by atoms with Crippen LogP contribution in [0.3, 0.4) is 0 Å². The molecule has 2 aromatic carbocycles. The number of benzene rings is 2. The van der Waals surface area contributed by atoms with Gasteiger partial charge in [0.25, 0.3) is 9.05 Å². The van der Waals surface area contributed by atoms with Crippen LogP contribution in [0.1, 0.15) is 11.1 Å². The Morgan fingerprint density at radius 1 is 1.19 bits per heavy atom. The van der Waals surface area contributed by atoms with E-state index in [9.17, 15) is 12.8 Å². The summed E-state index contributed by atoms with van der Waals surface area (Å²) in [6.45, 7) is 1.96. The van der Waals surface area contributed by atoms with Crippen molar-refractivity contribution in [1.29, 1.82) is 0 Å². The highest BCUT2D eigenvalue weighted by atomic mass is 35.7. The molecule has 0 saturated heterocycles. The molecule has 0 aliphatic carbocycles. The standard InChI is InChI=1S/C14H11Cl2FO3S/c1-9-6-11(17)3-2-10(9)8-20-14-5-4-12(7-13(14)15)21(16,18)19/h2-7H,8H2,1H3. The van der Waals surface area contributed by atoms with E-state index in [4.69, 9.17) is 27.0 Å². The molecule has 21 heavy (non-hydrogen) atoms. The van der Waals surface area contributed by atoms with Gasteiger partial charge in [-0.1, -0.05) is 17.7 Å². The molecule has 2 rings (SSSR count). The lowest BCUT2D eigenvalue weighted by atomic mass is 10.1. The molecule has 0 N–H and O–H groups in total. The van der Waals surface area contributed by atoms with E-state index in [0.717, 1.165) is 11.1 Å². The molecular weight excluding hydrogens is 338 g/mol. The Labute approximate surface area is 131 Å². The largest absolute Gasteiger partial charge is 0.487 e. The van der Waals surface area contributed by atoms with Crippen LogP contribution in [0.15, 0.2) is 41.3 Å². The van der Waals surface area contributed by atoms with E-state index >= 15 is 0 Å². The molecule has 0 bridgehead atoms. The molecule has 0 aromatic heterocycles. The predicted molar refractivity (Wildman–Crippen MR) is 80.0 cm³/mol. The summed E-state index contributed by atoms with van der Waals surface area (Å²) < 4.78 is 40.9. The Balaban J connectivity index is 2.17. The number of aryl methyl sites for hydroxylation is 1. The molecule has 0 radical (unpaired) electrons. The van der Waals surface area contributed by atoms with Crippen LogP contribution in [0.25, 0.3) is 0 Å². The van der Waals surface area contributed by atoms with Crippen molar-refractivity contribution < 1.29 is 17.5 Å². The number of hydrogen-bond donors (Lipinski definition) is 0. The second-order valence-corrected chi connectivity index (χ2v) is 7.36. The smallest absolute Gasteiger partial charge is 0.261 e. The van der Waals surface area contributed by atoms with Gasteiger partial charge in [-0.3, -0.25) is 0 Å². The Bertz CT molecular complexity index is 776. The van der Waals surface area contributed by atoms with Crippen molar-refractivity contribution in [1.82, 2.24) is 0 Å². The van der Waals surface area contributed by atoms with Crippen molar-refractivity contribution in [3.05, 3.63) is 58.4 Å². The third kappa shape index (κ3) is 4.09. The normalized spacial score (nSPS) is 11.4. The van der Waals surface area contributed by atoms with E-state index in [2.05, 4.69) is 0 Å². The third-order valence-corrected chi connectivity index (χ3v) is 4.52. The molecule has 0 unspecified atom stereocenters. The summed E-state index contributed by atoms with van der Waals surface area (Å²) in [6.07, 6.45) is 0. The maximum atomic E-state index is 13.0. The van der Waals surface area contributed by atoms with Crippen molar-refractivity contribution in [2.24, 2.45) is 0 Å². The Morgan fingerprint density at radius 3 is 2.48 bits per heavy atom. The van der Waals surface area contributed by atoms with E-state index in [1.807, 2.05) is 0 Å². The molecule has 0 atom stereocenters. The average molecular weight is 349 g/mol. The molecule has 0 saturated carbocycles. The van der Waals surface area contributed by atoms with Crippen LogP contribution in [0.2, 0.25) is 5.02 Å².